The molecule has 1 aromatic rings. The van der Waals surface area contributed by atoms with E-state index < -0.39 is 24.0 Å². The van der Waals surface area contributed by atoms with E-state index in [1.165, 1.54) is 18.3 Å². The summed E-state index contributed by atoms with van der Waals surface area (Å²) < 4.78 is 10.4. The molecule has 0 radical (unpaired) electrons. The molecule has 2 rings (SSSR count). The van der Waals surface area contributed by atoms with Gasteiger partial charge in [0.2, 0.25) is 5.91 Å². The molecule has 152 valence electrons. The van der Waals surface area contributed by atoms with E-state index in [1.54, 1.807) is 20.8 Å². The van der Waals surface area contributed by atoms with Crippen LogP contribution >= 0.6 is 11.3 Å². The SMILES string of the molecule is CCOC(=O)C1=C(COC(=O)c2c(NC(C)=O)sc(C)c2C)NC(=O)N[C@@H]1C. The van der Waals surface area contributed by atoms with E-state index in [-0.39, 0.29) is 36.0 Å². The summed E-state index contributed by atoms with van der Waals surface area (Å²) in [5, 5.41) is 8.08. The van der Waals surface area contributed by atoms with Gasteiger partial charge in [0.15, 0.2) is 0 Å². The molecule has 9 nitrogen and oxygen atoms in total. The third-order valence-corrected chi connectivity index (χ3v) is 5.21. The van der Waals surface area contributed by atoms with E-state index in [2.05, 4.69) is 16.0 Å². The topological polar surface area (TPSA) is 123 Å². The van der Waals surface area contributed by atoms with Crippen LogP contribution in [0.2, 0.25) is 0 Å². The van der Waals surface area contributed by atoms with Gasteiger partial charge in [-0.1, -0.05) is 0 Å². The first kappa shape index (κ1) is 21.4. The van der Waals surface area contributed by atoms with Crippen molar-refractivity contribution in [1.29, 1.82) is 0 Å². The van der Waals surface area contributed by atoms with Gasteiger partial charge in [-0.25, -0.2) is 14.4 Å². The van der Waals surface area contributed by atoms with Gasteiger partial charge in [-0.3, -0.25) is 4.79 Å². The molecule has 0 bridgehead atoms. The van der Waals surface area contributed by atoms with Crippen molar-refractivity contribution in [3.05, 3.63) is 27.3 Å². The van der Waals surface area contributed by atoms with Crippen LogP contribution < -0.4 is 16.0 Å². The van der Waals surface area contributed by atoms with Crippen molar-refractivity contribution < 1.29 is 28.7 Å². The summed E-state index contributed by atoms with van der Waals surface area (Å²) in [6, 6.07) is -1.10. The molecule has 0 unspecified atom stereocenters. The summed E-state index contributed by atoms with van der Waals surface area (Å²) in [6.45, 7) is 8.09. The van der Waals surface area contributed by atoms with Gasteiger partial charge in [-0.2, -0.15) is 0 Å². The van der Waals surface area contributed by atoms with Crippen LogP contribution in [0, 0.1) is 13.8 Å². The summed E-state index contributed by atoms with van der Waals surface area (Å²) in [7, 11) is 0. The number of amides is 3. The van der Waals surface area contributed by atoms with Gasteiger partial charge in [-0.15, -0.1) is 11.3 Å². The van der Waals surface area contributed by atoms with Crippen molar-refractivity contribution in [3.63, 3.8) is 0 Å². The number of rotatable bonds is 6. The lowest BCUT2D eigenvalue weighted by Gasteiger charge is -2.26. The lowest BCUT2D eigenvalue weighted by Crippen LogP contribution is -2.50. The van der Waals surface area contributed by atoms with Gasteiger partial charge in [0.25, 0.3) is 0 Å². The number of anilines is 1. The van der Waals surface area contributed by atoms with Crippen LogP contribution in [0.3, 0.4) is 0 Å². The number of thiophene rings is 1. The zero-order valence-corrected chi connectivity index (χ0v) is 17.2. The smallest absolute Gasteiger partial charge is 0.341 e. The quantitative estimate of drug-likeness (QED) is 0.618. The Morgan fingerprint density at radius 3 is 2.46 bits per heavy atom. The molecule has 28 heavy (non-hydrogen) atoms. The lowest BCUT2D eigenvalue weighted by atomic mass is 10.0. The van der Waals surface area contributed by atoms with Crippen LogP contribution in [-0.2, 0) is 19.1 Å². The number of hydrogen-bond donors (Lipinski definition) is 3. The van der Waals surface area contributed by atoms with Gasteiger partial charge in [0, 0.05) is 11.8 Å². The number of hydrogen-bond acceptors (Lipinski definition) is 7. The molecule has 3 N–H and O–H groups in total. The maximum atomic E-state index is 12.7. The second-order valence-corrected chi connectivity index (χ2v) is 7.40. The van der Waals surface area contributed by atoms with E-state index in [1.807, 2.05) is 6.92 Å². The van der Waals surface area contributed by atoms with Crippen LogP contribution in [-0.4, -0.2) is 43.1 Å². The summed E-state index contributed by atoms with van der Waals surface area (Å²) in [4.78, 5) is 48.9. The summed E-state index contributed by atoms with van der Waals surface area (Å²) in [5.74, 6) is -1.57. The minimum atomic E-state index is -0.665. The molecule has 1 aromatic heterocycles. The highest BCUT2D eigenvalue weighted by Crippen LogP contribution is 2.33. The average molecular weight is 409 g/mol. The van der Waals surface area contributed by atoms with Gasteiger partial charge in [0.05, 0.1) is 29.5 Å². The normalized spacial score (nSPS) is 16.2. The van der Waals surface area contributed by atoms with Crippen LogP contribution in [0.25, 0.3) is 0 Å². The molecular weight excluding hydrogens is 386 g/mol. The fourth-order valence-electron chi connectivity index (χ4n) is 2.72. The molecule has 1 atom stereocenters. The highest BCUT2D eigenvalue weighted by Gasteiger charge is 2.31. The summed E-state index contributed by atoms with van der Waals surface area (Å²) in [6.07, 6.45) is 0. The van der Waals surface area contributed by atoms with Gasteiger partial charge in [0.1, 0.15) is 11.6 Å². The fourth-order valence-corrected chi connectivity index (χ4v) is 3.82. The Morgan fingerprint density at radius 2 is 1.86 bits per heavy atom. The molecule has 1 aliphatic rings. The van der Waals surface area contributed by atoms with Crippen LogP contribution in [0.15, 0.2) is 11.3 Å². The monoisotopic (exact) mass is 409 g/mol. The van der Waals surface area contributed by atoms with Crippen molar-refractivity contribution in [2.45, 2.75) is 40.7 Å². The van der Waals surface area contributed by atoms with Crippen LogP contribution in [0.5, 0.6) is 0 Å². The van der Waals surface area contributed by atoms with E-state index >= 15 is 0 Å². The molecular formula is C18H23N3O6S. The van der Waals surface area contributed by atoms with Gasteiger partial charge >= 0.3 is 18.0 Å². The van der Waals surface area contributed by atoms with Crippen molar-refractivity contribution in [3.8, 4) is 0 Å². The second kappa shape index (κ2) is 8.87. The highest BCUT2D eigenvalue weighted by molar-refractivity contribution is 7.16. The zero-order valence-electron chi connectivity index (χ0n) is 16.3. The van der Waals surface area contributed by atoms with Crippen molar-refractivity contribution >= 4 is 40.2 Å². The fraction of sp³-hybridized carbons (Fsp3) is 0.444. The third kappa shape index (κ3) is 4.69. The number of ether oxygens (including phenoxy) is 2. The number of aryl methyl sites for hydroxylation is 1. The molecule has 0 aromatic carbocycles. The predicted octanol–water partition coefficient (Wildman–Crippen LogP) is 2.00. The average Bonchev–Trinajstić information content (AvgIpc) is 2.85. The minimum absolute atomic E-state index is 0.161. The van der Waals surface area contributed by atoms with Crippen molar-refractivity contribution in [2.75, 3.05) is 18.5 Å². The molecule has 3 amide bonds. The first-order valence-corrected chi connectivity index (χ1v) is 9.49. The van der Waals surface area contributed by atoms with E-state index in [4.69, 9.17) is 9.47 Å². The number of carbonyl (C=O) groups excluding carboxylic acids is 4. The minimum Gasteiger partial charge on any atom is -0.463 e. The first-order valence-electron chi connectivity index (χ1n) is 8.68. The Balaban J connectivity index is 2.27. The standard InChI is InChI=1S/C18H23N3O6S/c1-6-26-17(24)14-9(3)19-18(25)21-12(14)7-27-16(23)13-8(2)10(4)28-15(13)20-11(5)22/h9H,6-7H2,1-5H3,(H,20,22)(H2,19,21,25)/t9-/m1/s1. The maximum Gasteiger partial charge on any atom is 0.341 e. The number of carbonyl (C=O) groups is 4. The van der Waals surface area contributed by atoms with Crippen LogP contribution in [0.4, 0.5) is 9.80 Å². The third-order valence-electron chi connectivity index (χ3n) is 4.09. The van der Waals surface area contributed by atoms with E-state index in [0.29, 0.717) is 10.6 Å². The summed E-state index contributed by atoms with van der Waals surface area (Å²) >= 11 is 1.27. The largest absolute Gasteiger partial charge is 0.463 e. The van der Waals surface area contributed by atoms with Crippen molar-refractivity contribution in [2.24, 2.45) is 0 Å². The molecule has 0 spiro atoms. The number of nitrogens with one attached hydrogen (secondary N) is 3. The predicted molar refractivity (Wildman–Crippen MR) is 103 cm³/mol. The Bertz CT molecular complexity index is 858. The van der Waals surface area contributed by atoms with E-state index in [0.717, 1.165) is 4.88 Å². The molecule has 0 saturated carbocycles. The second-order valence-electron chi connectivity index (χ2n) is 6.18. The molecule has 0 aliphatic carbocycles. The van der Waals surface area contributed by atoms with Crippen molar-refractivity contribution in [1.82, 2.24) is 10.6 Å². The number of esters is 2. The number of urea groups is 1. The lowest BCUT2D eigenvalue weighted by molar-refractivity contribution is -0.139. The molecule has 0 saturated heterocycles. The summed E-state index contributed by atoms with van der Waals surface area (Å²) in [5.41, 5.74) is 1.30. The maximum absolute atomic E-state index is 12.7. The molecule has 0 fully saturated rings. The molecule has 1 aliphatic heterocycles. The zero-order chi connectivity index (χ0) is 21.0. The van der Waals surface area contributed by atoms with Gasteiger partial charge in [-0.05, 0) is 33.3 Å². The molecule has 10 heteroatoms. The van der Waals surface area contributed by atoms with Crippen LogP contribution in [0.1, 0.15) is 41.6 Å². The first-order chi connectivity index (χ1) is 13.1. The Morgan fingerprint density at radius 1 is 1.18 bits per heavy atom. The highest BCUT2D eigenvalue weighted by atomic mass is 32.1. The Labute approximate surface area is 166 Å². The molecule has 2 heterocycles. The van der Waals surface area contributed by atoms with Gasteiger partial charge < -0.3 is 25.4 Å². The van der Waals surface area contributed by atoms with E-state index in [9.17, 15) is 19.2 Å². The Hall–Kier alpha value is -2.88. The Kier molecular flexibility index (Phi) is 6.79.